The van der Waals surface area contributed by atoms with Crippen molar-refractivity contribution in [1.29, 1.82) is 0 Å². The zero-order valence-corrected chi connectivity index (χ0v) is 16.0. The third-order valence-corrected chi connectivity index (χ3v) is 4.32. The molecule has 6 heteroatoms. The minimum Gasteiger partial charge on any atom is -0.444 e. The van der Waals surface area contributed by atoms with Crippen LogP contribution in [0, 0.1) is 6.92 Å². The van der Waals surface area contributed by atoms with Crippen LogP contribution < -0.4 is 4.81 Å². The number of nitrogens with zero attached hydrogens (tertiary/aromatic N) is 1. The summed E-state index contributed by atoms with van der Waals surface area (Å²) in [5, 5.41) is 0. The van der Waals surface area contributed by atoms with Crippen LogP contribution in [0.4, 0.5) is 10.5 Å². The normalized spacial score (nSPS) is 19.2. The molecule has 2 rings (SSSR count). The van der Waals surface area contributed by atoms with Crippen molar-refractivity contribution in [1.82, 2.24) is 0 Å². The van der Waals surface area contributed by atoms with Gasteiger partial charge in [-0.2, -0.15) is 0 Å². The van der Waals surface area contributed by atoms with Crippen molar-refractivity contribution in [2.75, 3.05) is 4.81 Å². The molecule has 0 bridgehead atoms. The first-order valence-corrected chi connectivity index (χ1v) is 8.27. The number of aryl methyl sites for hydroxylation is 1. The second-order valence-electron chi connectivity index (χ2n) is 8.25. The molecule has 1 aliphatic heterocycles. The molecule has 0 aliphatic carbocycles. The van der Waals surface area contributed by atoms with E-state index in [-0.39, 0.29) is 0 Å². The lowest BCUT2D eigenvalue weighted by atomic mass is 9.90. The quantitative estimate of drug-likeness (QED) is 0.756. The van der Waals surface area contributed by atoms with Gasteiger partial charge in [-0.25, -0.2) is 4.79 Å². The van der Waals surface area contributed by atoms with E-state index < -0.39 is 30.1 Å². The fourth-order valence-corrected chi connectivity index (χ4v) is 2.32. The number of anilines is 1. The maximum absolute atomic E-state index is 12.8. The topological polar surface area (TPSA) is 48.0 Å². The molecule has 1 saturated heterocycles. The van der Waals surface area contributed by atoms with Crippen LogP contribution in [-0.4, -0.2) is 30.1 Å². The SMILES string of the molecule is Cc1cccc(N(B2OC(C)(C)C(C)(C)O2)C(=O)OC(C)(C)C)c1. The molecular weight excluding hydrogens is 305 g/mol. The number of rotatable bonds is 2. The van der Waals surface area contributed by atoms with Crippen LogP contribution in [0.5, 0.6) is 0 Å². The highest BCUT2D eigenvalue weighted by Gasteiger charge is 2.56. The molecule has 1 amide bonds. The van der Waals surface area contributed by atoms with Gasteiger partial charge in [-0.05, 0) is 73.1 Å². The van der Waals surface area contributed by atoms with Gasteiger partial charge in [0.25, 0.3) is 0 Å². The molecule has 132 valence electrons. The Hall–Kier alpha value is -1.53. The summed E-state index contributed by atoms with van der Waals surface area (Å²) in [5.41, 5.74) is 0.0343. The summed E-state index contributed by atoms with van der Waals surface area (Å²) >= 11 is 0. The lowest BCUT2D eigenvalue weighted by Gasteiger charge is -2.32. The van der Waals surface area contributed by atoms with Gasteiger partial charge in [-0.1, -0.05) is 12.1 Å². The molecule has 0 saturated carbocycles. The lowest BCUT2D eigenvalue weighted by Crippen LogP contribution is -2.48. The largest absolute Gasteiger partial charge is 0.604 e. The van der Waals surface area contributed by atoms with Crippen LogP contribution in [0.15, 0.2) is 24.3 Å². The molecule has 1 aromatic rings. The summed E-state index contributed by atoms with van der Waals surface area (Å²) in [4.78, 5) is 14.3. The zero-order valence-electron chi connectivity index (χ0n) is 16.0. The molecule has 0 radical (unpaired) electrons. The summed E-state index contributed by atoms with van der Waals surface area (Å²) in [6.07, 6.45) is -0.494. The Labute approximate surface area is 145 Å². The third kappa shape index (κ3) is 3.93. The molecule has 24 heavy (non-hydrogen) atoms. The average Bonchev–Trinajstić information content (AvgIpc) is 2.55. The molecule has 1 aromatic carbocycles. The van der Waals surface area contributed by atoms with Crippen LogP contribution in [0.2, 0.25) is 0 Å². The molecule has 0 spiro atoms. The Morgan fingerprint density at radius 1 is 1.12 bits per heavy atom. The average molecular weight is 333 g/mol. The Bertz CT molecular complexity index is 606. The van der Waals surface area contributed by atoms with Crippen LogP contribution >= 0.6 is 0 Å². The predicted octanol–water partition coefficient (Wildman–Crippen LogP) is 4.33. The van der Waals surface area contributed by atoms with E-state index in [1.165, 1.54) is 4.81 Å². The number of carbonyl (C=O) groups excluding carboxylic acids is 1. The van der Waals surface area contributed by atoms with Crippen molar-refractivity contribution in [2.24, 2.45) is 0 Å². The Kier molecular flexibility index (Phi) is 4.77. The van der Waals surface area contributed by atoms with E-state index >= 15 is 0 Å². The van der Waals surface area contributed by atoms with E-state index in [4.69, 9.17) is 14.0 Å². The van der Waals surface area contributed by atoms with Crippen LogP contribution in [-0.2, 0) is 14.0 Å². The van der Waals surface area contributed by atoms with E-state index in [1.54, 1.807) is 0 Å². The third-order valence-electron chi connectivity index (χ3n) is 4.32. The summed E-state index contributed by atoms with van der Waals surface area (Å²) in [6, 6.07) is 7.63. The molecule has 0 aromatic heterocycles. The van der Waals surface area contributed by atoms with Gasteiger partial charge in [-0.3, -0.25) is 4.81 Å². The molecule has 0 N–H and O–H groups in total. The van der Waals surface area contributed by atoms with Crippen molar-refractivity contribution in [3.05, 3.63) is 29.8 Å². The fourth-order valence-electron chi connectivity index (χ4n) is 2.32. The van der Waals surface area contributed by atoms with Crippen molar-refractivity contribution in [3.63, 3.8) is 0 Å². The number of amides is 1. The standard InChI is InChI=1S/C18H28BNO4/c1-13-10-9-11-14(12-13)20(15(21)22-16(2,3)4)19-23-17(5,6)18(7,8)24-19/h9-12H,1-8H3. The number of benzene rings is 1. The van der Waals surface area contributed by atoms with Crippen molar-refractivity contribution in [2.45, 2.75) is 72.2 Å². The van der Waals surface area contributed by atoms with Crippen LogP contribution in [0.1, 0.15) is 54.0 Å². The lowest BCUT2D eigenvalue weighted by molar-refractivity contribution is 0.00578. The molecule has 5 nitrogen and oxygen atoms in total. The van der Waals surface area contributed by atoms with Gasteiger partial charge in [-0.15, -0.1) is 0 Å². The maximum Gasteiger partial charge on any atom is 0.604 e. The van der Waals surface area contributed by atoms with Gasteiger partial charge >= 0.3 is 13.3 Å². The van der Waals surface area contributed by atoms with Gasteiger partial charge < -0.3 is 14.0 Å². The summed E-state index contributed by atoms with van der Waals surface area (Å²) in [7, 11) is -0.841. The predicted molar refractivity (Wildman–Crippen MR) is 96.0 cm³/mol. The number of ether oxygens (including phenoxy) is 1. The Balaban J connectivity index is 2.39. The van der Waals surface area contributed by atoms with Gasteiger partial charge in [0.05, 0.1) is 11.2 Å². The smallest absolute Gasteiger partial charge is 0.444 e. The van der Waals surface area contributed by atoms with Gasteiger partial charge in [0, 0.05) is 5.69 Å². The van der Waals surface area contributed by atoms with Crippen LogP contribution in [0.25, 0.3) is 0 Å². The first-order chi connectivity index (χ1) is 10.8. The Morgan fingerprint density at radius 3 is 2.12 bits per heavy atom. The van der Waals surface area contributed by atoms with Gasteiger partial charge in [0.2, 0.25) is 0 Å². The maximum atomic E-state index is 12.8. The second kappa shape index (κ2) is 6.08. The van der Waals surface area contributed by atoms with E-state index in [0.717, 1.165) is 5.56 Å². The number of hydrogen-bond acceptors (Lipinski definition) is 4. The molecule has 1 fully saturated rings. The molecule has 0 unspecified atom stereocenters. The second-order valence-corrected chi connectivity index (χ2v) is 8.25. The fraction of sp³-hybridized carbons (Fsp3) is 0.611. The highest BCUT2D eigenvalue weighted by Crippen LogP contribution is 2.39. The number of hydrogen-bond donors (Lipinski definition) is 0. The van der Waals surface area contributed by atoms with Crippen molar-refractivity contribution >= 4 is 19.0 Å². The summed E-state index contributed by atoms with van der Waals surface area (Å²) in [5.74, 6) is 0. The van der Waals surface area contributed by atoms with E-state index in [2.05, 4.69) is 0 Å². The Morgan fingerprint density at radius 2 is 1.67 bits per heavy atom. The molecule has 1 heterocycles. The van der Waals surface area contributed by atoms with E-state index in [1.807, 2.05) is 79.7 Å². The summed E-state index contributed by atoms with van der Waals surface area (Å²) < 4.78 is 17.7. The first-order valence-electron chi connectivity index (χ1n) is 8.27. The summed E-state index contributed by atoms with van der Waals surface area (Å²) in [6.45, 7) is 15.3. The van der Waals surface area contributed by atoms with E-state index in [9.17, 15) is 4.79 Å². The van der Waals surface area contributed by atoms with Gasteiger partial charge in [0.1, 0.15) is 5.60 Å². The minimum atomic E-state index is -0.841. The highest BCUT2D eigenvalue weighted by molar-refractivity contribution is 6.56. The van der Waals surface area contributed by atoms with E-state index in [0.29, 0.717) is 5.69 Å². The van der Waals surface area contributed by atoms with Crippen LogP contribution in [0.3, 0.4) is 0 Å². The van der Waals surface area contributed by atoms with Gasteiger partial charge in [0.15, 0.2) is 0 Å². The number of carbonyl (C=O) groups is 1. The first kappa shape index (κ1) is 18.8. The molecule has 1 aliphatic rings. The van der Waals surface area contributed by atoms with Crippen molar-refractivity contribution < 1.29 is 18.8 Å². The molecular formula is C18H28BNO4. The van der Waals surface area contributed by atoms with Crippen molar-refractivity contribution in [3.8, 4) is 0 Å². The highest BCUT2D eigenvalue weighted by atomic mass is 16.7. The minimum absolute atomic E-state index is 0.494. The zero-order chi connectivity index (χ0) is 18.3. The molecule has 0 atom stereocenters. The monoisotopic (exact) mass is 333 g/mol.